The summed E-state index contributed by atoms with van der Waals surface area (Å²) >= 11 is 0. The van der Waals surface area contributed by atoms with Gasteiger partial charge in [0, 0.05) is 31.7 Å². The summed E-state index contributed by atoms with van der Waals surface area (Å²) in [7, 11) is 0. The topological polar surface area (TPSA) is 101 Å². The zero-order valence-electron chi connectivity index (χ0n) is 19.0. The van der Waals surface area contributed by atoms with Gasteiger partial charge in [-0.2, -0.15) is 0 Å². The number of hydrogen-bond donors (Lipinski definition) is 1. The number of rotatable bonds is 5. The smallest absolute Gasteiger partial charge is 0.289 e. The Balaban J connectivity index is 1.30. The highest BCUT2D eigenvalue weighted by Crippen LogP contribution is 2.33. The molecule has 0 aliphatic carbocycles. The number of ether oxygens (including phenoxy) is 2. The van der Waals surface area contributed by atoms with Crippen molar-refractivity contribution in [3.05, 3.63) is 47.9 Å². The number of nitrogens with zero attached hydrogens (tertiary/aromatic N) is 2. The largest absolute Gasteiger partial charge is 0.459 e. The lowest BCUT2D eigenvalue weighted by Crippen LogP contribution is -2.55. The van der Waals surface area contributed by atoms with Crippen LogP contribution < -0.4 is 14.8 Å². The van der Waals surface area contributed by atoms with Gasteiger partial charge in [-0.25, -0.2) is 0 Å². The average molecular weight is 468 g/mol. The van der Waals surface area contributed by atoms with Crippen molar-refractivity contribution in [1.29, 1.82) is 0 Å². The van der Waals surface area contributed by atoms with E-state index in [9.17, 15) is 14.4 Å². The van der Waals surface area contributed by atoms with Gasteiger partial charge < -0.3 is 29.0 Å². The molecule has 0 spiro atoms. The molecule has 4 heterocycles. The Morgan fingerprint density at radius 2 is 1.68 bits per heavy atom. The molecule has 9 nitrogen and oxygen atoms in total. The molecule has 1 N–H and O–H groups in total. The maximum absolute atomic E-state index is 13.5. The molecular weight excluding hydrogens is 438 g/mol. The zero-order valence-corrected chi connectivity index (χ0v) is 19.0. The SMILES string of the molecule is O=C(N[C@@H](C(=O)N1CCCCC1)C1CCN(C(=O)c2ccco2)CC1)c1ccc2c(c1)OCO2. The first-order valence-electron chi connectivity index (χ1n) is 11.9. The Kier molecular flexibility index (Phi) is 6.42. The molecule has 2 fully saturated rings. The van der Waals surface area contributed by atoms with E-state index in [0.717, 1.165) is 19.3 Å². The van der Waals surface area contributed by atoms with Crippen LogP contribution in [-0.4, -0.2) is 66.5 Å². The van der Waals surface area contributed by atoms with Gasteiger partial charge >= 0.3 is 0 Å². The van der Waals surface area contributed by atoms with Crippen LogP contribution in [-0.2, 0) is 4.79 Å². The molecule has 1 aromatic carbocycles. The molecule has 1 aromatic heterocycles. The van der Waals surface area contributed by atoms with Gasteiger partial charge in [-0.15, -0.1) is 0 Å². The van der Waals surface area contributed by atoms with Gasteiger partial charge in [0.15, 0.2) is 17.3 Å². The second-order valence-corrected chi connectivity index (χ2v) is 9.01. The van der Waals surface area contributed by atoms with Gasteiger partial charge in [-0.1, -0.05) is 0 Å². The molecule has 1 atom stereocenters. The highest BCUT2D eigenvalue weighted by atomic mass is 16.7. The van der Waals surface area contributed by atoms with Crippen molar-refractivity contribution in [3.8, 4) is 11.5 Å². The minimum absolute atomic E-state index is 0.0374. The molecule has 0 radical (unpaired) electrons. The third-order valence-electron chi connectivity index (χ3n) is 6.89. The van der Waals surface area contributed by atoms with Gasteiger partial charge in [0.05, 0.1) is 6.26 Å². The van der Waals surface area contributed by atoms with Crippen molar-refractivity contribution < 1.29 is 28.3 Å². The van der Waals surface area contributed by atoms with Crippen LogP contribution in [0.25, 0.3) is 0 Å². The fourth-order valence-electron chi connectivity index (χ4n) is 4.95. The van der Waals surface area contributed by atoms with Crippen molar-refractivity contribution in [2.24, 2.45) is 5.92 Å². The van der Waals surface area contributed by atoms with Crippen LogP contribution in [0.5, 0.6) is 11.5 Å². The van der Waals surface area contributed by atoms with Crippen molar-refractivity contribution in [2.75, 3.05) is 33.0 Å². The standard InChI is InChI=1S/C25H29N3O6/c29-23(18-6-7-19-21(15-18)34-16-33-19)26-22(25(31)27-10-2-1-3-11-27)17-8-12-28(13-9-17)24(30)20-5-4-14-32-20/h4-7,14-15,17,22H,1-3,8-13,16H2,(H,26,29)/t22-/m1/s1. The van der Waals surface area contributed by atoms with E-state index in [-0.39, 0.29) is 30.4 Å². The number of carbonyl (C=O) groups is 3. The lowest BCUT2D eigenvalue weighted by atomic mass is 9.87. The number of fused-ring (bicyclic) bond motifs is 1. The van der Waals surface area contributed by atoms with Gasteiger partial charge in [-0.05, 0) is 68.4 Å². The van der Waals surface area contributed by atoms with E-state index in [1.165, 1.54) is 6.26 Å². The predicted molar refractivity (Wildman–Crippen MR) is 122 cm³/mol. The minimum Gasteiger partial charge on any atom is -0.459 e. The Labute approximate surface area is 198 Å². The lowest BCUT2D eigenvalue weighted by molar-refractivity contribution is -0.136. The van der Waals surface area contributed by atoms with Crippen LogP contribution in [0, 0.1) is 5.92 Å². The third-order valence-corrected chi connectivity index (χ3v) is 6.89. The number of carbonyl (C=O) groups excluding carboxylic acids is 3. The summed E-state index contributed by atoms with van der Waals surface area (Å²) in [5.74, 6) is 0.880. The summed E-state index contributed by atoms with van der Waals surface area (Å²) in [6.07, 6.45) is 5.80. The molecule has 9 heteroatoms. The average Bonchev–Trinajstić information content (AvgIpc) is 3.59. The highest BCUT2D eigenvalue weighted by Gasteiger charge is 2.37. The van der Waals surface area contributed by atoms with E-state index >= 15 is 0 Å². The fraction of sp³-hybridized carbons (Fsp3) is 0.480. The number of hydrogen-bond acceptors (Lipinski definition) is 6. The fourth-order valence-corrected chi connectivity index (χ4v) is 4.95. The van der Waals surface area contributed by atoms with Gasteiger partial charge in [0.1, 0.15) is 6.04 Å². The first-order valence-corrected chi connectivity index (χ1v) is 11.9. The lowest BCUT2D eigenvalue weighted by Gasteiger charge is -2.38. The molecule has 0 bridgehead atoms. The quantitative estimate of drug-likeness (QED) is 0.726. The van der Waals surface area contributed by atoms with Gasteiger partial charge in [-0.3, -0.25) is 14.4 Å². The van der Waals surface area contributed by atoms with Gasteiger partial charge in [0.25, 0.3) is 11.8 Å². The van der Waals surface area contributed by atoms with E-state index in [0.29, 0.717) is 61.8 Å². The zero-order chi connectivity index (χ0) is 23.5. The first kappa shape index (κ1) is 22.3. The molecule has 2 aromatic rings. The van der Waals surface area contributed by atoms with Crippen LogP contribution in [0.15, 0.2) is 41.0 Å². The Morgan fingerprint density at radius 1 is 0.912 bits per heavy atom. The van der Waals surface area contributed by atoms with Crippen molar-refractivity contribution >= 4 is 17.7 Å². The van der Waals surface area contributed by atoms with Crippen LogP contribution in [0.4, 0.5) is 0 Å². The number of amides is 3. The van der Waals surface area contributed by atoms with Crippen LogP contribution >= 0.6 is 0 Å². The summed E-state index contributed by atoms with van der Waals surface area (Å²) in [5, 5.41) is 3.01. The molecule has 34 heavy (non-hydrogen) atoms. The monoisotopic (exact) mass is 467 g/mol. The van der Waals surface area contributed by atoms with Crippen molar-refractivity contribution in [3.63, 3.8) is 0 Å². The number of piperidine rings is 2. The molecule has 3 aliphatic rings. The molecule has 2 saturated heterocycles. The molecular formula is C25H29N3O6. The number of likely N-dealkylation sites (tertiary alicyclic amines) is 2. The number of benzene rings is 1. The van der Waals surface area contributed by atoms with Crippen LogP contribution in [0.3, 0.4) is 0 Å². The second-order valence-electron chi connectivity index (χ2n) is 9.01. The van der Waals surface area contributed by atoms with E-state index in [2.05, 4.69) is 5.32 Å². The van der Waals surface area contributed by atoms with E-state index < -0.39 is 6.04 Å². The Hall–Kier alpha value is -3.49. The molecule has 3 amide bonds. The Bertz CT molecular complexity index is 1040. The Morgan fingerprint density at radius 3 is 2.41 bits per heavy atom. The minimum atomic E-state index is -0.642. The molecule has 3 aliphatic heterocycles. The predicted octanol–water partition coefficient (Wildman–Crippen LogP) is 2.67. The van der Waals surface area contributed by atoms with Crippen LogP contribution in [0.1, 0.15) is 53.0 Å². The normalized spacial score (nSPS) is 19.1. The summed E-state index contributed by atoms with van der Waals surface area (Å²) in [6, 6.07) is 7.73. The molecule has 0 unspecified atom stereocenters. The molecule has 180 valence electrons. The van der Waals surface area contributed by atoms with Crippen molar-refractivity contribution in [2.45, 2.75) is 38.1 Å². The number of nitrogens with one attached hydrogen (secondary N) is 1. The summed E-state index contributed by atoms with van der Waals surface area (Å²) in [6.45, 7) is 2.57. The number of furan rings is 1. The van der Waals surface area contributed by atoms with Crippen molar-refractivity contribution in [1.82, 2.24) is 15.1 Å². The van der Waals surface area contributed by atoms with Gasteiger partial charge in [0.2, 0.25) is 12.7 Å². The molecule has 0 saturated carbocycles. The summed E-state index contributed by atoms with van der Waals surface area (Å²) in [4.78, 5) is 42.9. The first-order chi connectivity index (χ1) is 16.6. The van der Waals surface area contributed by atoms with E-state index in [4.69, 9.17) is 13.9 Å². The second kappa shape index (κ2) is 9.79. The summed E-state index contributed by atoms with van der Waals surface area (Å²) < 4.78 is 16.0. The third kappa shape index (κ3) is 4.60. The highest BCUT2D eigenvalue weighted by molar-refractivity contribution is 5.98. The maximum Gasteiger partial charge on any atom is 0.289 e. The van der Waals surface area contributed by atoms with E-state index in [1.807, 2.05) is 4.90 Å². The molecule has 5 rings (SSSR count). The maximum atomic E-state index is 13.5. The van der Waals surface area contributed by atoms with Crippen LogP contribution in [0.2, 0.25) is 0 Å². The van der Waals surface area contributed by atoms with E-state index in [1.54, 1.807) is 35.2 Å². The summed E-state index contributed by atoms with van der Waals surface area (Å²) in [5.41, 5.74) is 0.422.